The van der Waals surface area contributed by atoms with Crippen molar-refractivity contribution in [3.8, 4) is 5.69 Å². The number of carbonyl (C=O) groups excluding carboxylic acids is 1. The molecule has 25 heavy (non-hydrogen) atoms. The molecule has 0 saturated heterocycles. The SMILES string of the molecule is Cc1nnnn1-c1cccc(NC(=O)c2cc(C)n(C(C)C)c2C)c1. The molecule has 7 nitrogen and oxygen atoms in total. The van der Waals surface area contributed by atoms with Crippen molar-refractivity contribution in [2.24, 2.45) is 0 Å². The van der Waals surface area contributed by atoms with Crippen LogP contribution in [0.2, 0.25) is 0 Å². The van der Waals surface area contributed by atoms with E-state index >= 15 is 0 Å². The predicted molar refractivity (Wildman–Crippen MR) is 96.1 cm³/mol. The molecule has 1 N–H and O–H groups in total. The van der Waals surface area contributed by atoms with E-state index in [1.54, 1.807) is 4.68 Å². The van der Waals surface area contributed by atoms with Gasteiger partial charge in [0.15, 0.2) is 5.82 Å². The molecule has 2 aromatic heterocycles. The van der Waals surface area contributed by atoms with E-state index in [9.17, 15) is 4.79 Å². The number of amides is 1. The molecule has 7 heteroatoms. The van der Waals surface area contributed by atoms with Gasteiger partial charge in [0.05, 0.1) is 11.3 Å². The third-order valence-corrected chi connectivity index (χ3v) is 4.22. The molecule has 0 saturated carbocycles. The monoisotopic (exact) mass is 338 g/mol. The fraction of sp³-hybridized carbons (Fsp3) is 0.333. The first-order valence-electron chi connectivity index (χ1n) is 8.23. The molecule has 0 atom stereocenters. The first-order valence-corrected chi connectivity index (χ1v) is 8.23. The van der Waals surface area contributed by atoms with E-state index in [0.29, 0.717) is 23.1 Å². The number of aromatic nitrogens is 5. The van der Waals surface area contributed by atoms with Crippen molar-refractivity contribution in [2.45, 2.75) is 40.7 Å². The fourth-order valence-corrected chi connectivity index (χ4v) is 3.19. The van der Waals surface area contributed by atoms with E-state index in [1.165, 1.54) is 0 Å². The van der Waals surface area contributed by atoms with Crippen LogP contribution < -0.4 is 5.32 Å². The smallest absolute Gasteiger partial charge is 0.257 e. The Kier molecular flexibility index (Phi) is 4.39. The van der Waals surface area contributed by atoms with E-state index in [4.69, 9.17) is 0 Å². The average molecular weight is 338 g/mol. The van der Waals surface area contributed by atoms with Crippen LogP contribution >= 0.6 is 0 Å². The Balaban J connectivity index is 1.87. The Morgan fingerprint density at radius 3 is 2.52 bits per heavy atom. The standard InChI is InChI=1S/C18H22N6O/c1-11(2)23-12(3)9-17(13(23)4)18(25)19-15-7-6-8-16(10-15)24-14(5)20-21-22-24/h6-11H,1-5H3,(H,19,25). The zero-order chi connectivity index (χ0) is 18.1. The van der Waals surface area contributed by atoms with Crippen molar-refractivity contribution < 1.29 is 4.79 Å². The summed E-state index contributed by atoms with van der Waals surface area (Å²) in [6.07, 6.45) is 0. The third-order valence-electron chi connectivity index (χ3n) is 4.22. The van der Waals surface area contributed by atoms with Crippen LogP contribution in [0.25, 0.3) is 5.69 Å². The number of hydrogen-bond donors (Lipinski definition) is 1. The number of hydrogen-bond acceptors (Lipinski definition) is 4. The van der Waals surface area contributed by atoms with Gasteiger partial charge in [-0.05, 0) is 69.3 Å². The normalized spacial score (nSPS) is 11.1. The molecular weight excluding hydrogens is 316 g/mol. The first-order chi connectivity index (χ1) is 11.9. The molecule has 0 radical (unpaired) electrons. The molecule has 0 spiro atoms. The molecule has 130 valence electrons. The summed E-state index contributed by atoms with van der Waals surface area (Å²) in [6, 6.07) is 9.70. The van der Waals surface area contributed by atoms with Gasteiger partial charge in [-0.15, -0.1) is 5.10 Å². The van der Waals surface area contributed by atoms with Crippen LogP contribution in [0.3, 0.4) is 0 Å². The predicted octanol–water partition coefficient (Wildman–Crippen LogP) is 3.22. The molecule has 0 aliphatic carbocycles. The zero-order valence-corrected chi connectivity index (χ0v) is 15.1. The summed E-state index contributed by atoms with van der Waals surface area (Å²) in [5.74, 6) is 0.564. The Labute approximate surface area is 146 Å². The summed E-state index contributed by atoms with van der Waals surface area (Å²) >= 11 is 0. The quantitative estimate of drug-likeness (QED) is 0.792. The van der Waals surface area contributed by atoms with Crippen molar-refractivity contribution >= 4 is 11.6 Å². The average Bonchev–Trinajstić information content (AvgIpc) is 3.10. The van der Waals surface area contributed by atoms with Gasteiger partial charge in [0.25, 0.3) is 5.91 Å². The van der Waals surface area contributed by atoms with Gasteiger partial charge in [-0.3, -0.25) is 4.79 Å². The van der Waals surface area contributed by atoms with Gasteiger partial charge in [0.2, 0.25) is 0 Å². The van der Waals surface area contributed by atoms with Gasteiger partial charge in [0.1, 0.15) is 0 Å². The summed E-state index contributed by atoms with van der Waals surface area (Å²) in [5, 5.41) is 14.5. The highest BCUT2D eigenvalue weighted by Gasteiger charge is 2.17. The summed E-state index contributed by atoms with van der Waals surface area (Å²) < 4.78 is 3.79. The lowest BCUT2D eigenvalue weighted by Gasteiger charge is -2.13. The number of rotatable bonds is 4. The van der Waals surface area contributed by atoms with Gasteiger partial charge >= 0.3 is 0 Å². The molecule has 1 amide bonds. The molecule has 2 heterocycles. The number of anilines is 1. The summed E-state index contributed by atoms with van der Waals surface area (Å²) in [4.78, 5) is 12.7. The van der Waals surface area contributed by atoms with Crippen LogP contribution in [0.4, 0.5) is 5.69 Å². The van der Waals surface area contributed by atoms with E-state index in [1.807, 2.05) is 51.1 Å². The van der Waals surface area contributed by atoms with Gasteiger partial charge in [-0.1, -0.05) is 6.07 Å². The molecule has 1 aromatic carbocycles. The van der Waals surface area contributed by atoms with Crippen molar-refractivity contribution in [1.29, 1.82) is 0 Å². The number of nitrogens with zero attached hydrogens (tertiary/aromatic N) is 5. The maximum atomic E-state index is 12.7. The molecule has 0 bridgehead atoms. The lowest BCUT2D eigenvalue weighted by Crippen LogP contribution is -2.14. The second-order valence-corrected chi connectivity index (χ2v) is 6.39. The van der Waals surface area contributed by atoms with Gasteiger partial charge in [0, 0.05) is 23.1 Å². The van der Waals surface area contributed by atoms with Crippen LogP contribution in [0.1, 0.15) is 47.5 Å². The number of carbonyl (C=O) groups is 1. The molecule has 3 rings (SSSR count). The van der Waals surface area contributed by atoms with Crippen LogP contribution in [0.15, 0.2) is 30.3 Å². The van der Waals surface area contributed by atoms with Crippen molar-refractivity contribution in [2.75, 3.05) is 5.32 Å². The number of benzene rings is 1. The highest BCUT2D eigenvalue weighted by molar-refractivity contribution is 6.05. The number of aryl methyl sites for hydroxylation is 2. The van der Waals surface area contributed by atoms with Crippen molar-refractivity contribution in [3.05, 3.63) is 53.1 Å². The molecular formula is C18H22N6O. The largest absolute Gasteiger partial charge is 0.346 e. The lowest BCUT2D eigenvalue weighted by molar-refractivity contribution is 0.102. The Morgan fingerprint density at radius 1 is 1.16 bits per heavy atom. The second kappa shape index (κ2) is 6.51. The molecule has 0 aliphatic heterocycles. The van der Waals surface area contributed by atoms with Gasteiger partial charge < -0.3 is 9.88 Å². The second-order valence-electron chi connectivity index (χ2n) is 6.39. The minimum Gasteiger partial charge on any atom is -0.346 e. The van der Waals surface area contributed by atoms with E-state index in [2.05, 4.69) is 39.3 Å². The number of tetrazole rings is 1. The number of nitrogens with one attached hydrogen (secondary N) is 1. The van der Waals surface area contributed by atoms with E-state index in [-0.39, 0.29) is 5.91 Å². The Morgan fingerprint density at radius 2 is 1.92 bits per heavy atom. The van der Waals surface area contributed by atoms with Crippen LogP contribution in [0, 0.1) is 20.8 Å². The third kappa shape index (κ3) is 3.17. The lowest BCUT2D eigenvalue weighted by atomic mass is 10.2. The minimum absolute atomic E-state index is 0.120. The summed E-state index contributed by atoms with van der Waals surface area (Å²) in [5.41, 5.74) is 4.24. The summed E-state index contributed by atoms with van der Waals surface area (Å²) in [6.45, 7) is 10.0. The van der Waals surface area contributed by atoms with Gasteiger partial charge in [-0.25, -0.2) is 0 Å². The molecule has 0 aliphatic rings. The highest BCUT2D eigenvalue weighted by atomic mass is 16.1. The van der Waals surface area contributed by atoms with Crippen LogP contribution in [-0.4, -0.2) is 30.7 Å². The Bertz CT molecular complexity index is 922. The molecule has 0 unspecified atom stereocenters. The van der Waals surface area contributed by atoms with Gasteiger partial charge in [-0.2, -0.15) is 4.68 Å². The zero-order valence-electron chi connectivity index (χ0n) is 15.1. The van der Waals surface area contributed by atoms with Crippen molar-refractivity contribution in [1.82, 2.24) is 24.8 Å². The molecule has 0 fully saturated rings. The van der Waals surface area contributed by atoms with Crippen molar-refractivity contribution in [3.63, 3.8) is 0 Å². The van der Waals surface area contributed by atoms with Crippen LogP contribution in [-0.2, 0) is 0 Å². The minimum atomic E-state index is -0.120. The van der Waals surface area contributed by atoms with Crippen LogP contribution in [0.5, 0.6) is 0 Å². The first kappa shape index (κ1) is 16.9. The van der Waals surface area contributed by atoms with E-state index < -0.39 is 0 Å². The van der Waals surface area contributed by atoms with E-state index in [0.717, 1.165) is 17.1 Å². The summed E-state index contributed by atoms with van der Waals surface area (Å²) in [7, 11) is 0. The maximum absolute atomic E-state index is 12.7. The Hall–Kier alpha value is -2.96. The topological polar surface area (TPSA) is 77.6 Å². The molecule has 3 aromatic rings. The maximum Gasteiger partial charge on any atom is 0.257 e. The fourth-order valence-electron chi connectivity index (χ4n) is 3.19. The highest BCUT2D eigenvalue weighted by Crippen LogP contribution is 2.22.